The number of nitrogens with one attached hydrogen (secondary N) is 2. The number of aromatic nitrogens is 2. The van der Waals surface area contributed by atoms with Crippen LogP contribution in [-0.2, 0) is 47.8 Å². The number of pyridine rings is 1. The number of aryl methyl sites for hydroxylation is 1. The molecule has 14 nitrogen and oxygen atoms in total. The van der Waals surface area contributed by atoms with Crippen molar-refractivity contribution in [2.24, 2.45) is 5.41 Å². The minimum Gasteiger partial charge on any atom is -0.480 e. The summed E-state index contributed by atoms with van der Waals surface area (Å²) in [4.78, 5) is 46.4. The Morgan fingerprint density at radius 1 is 1.05 bits per heavy atom. The lowest BCUT2D eigenvalue weighted by Gasteiger charge is -2.39. The summed E-state index contributed by atoms with van der Waals surface area (Å²) in [6.07, 6.45) is 2.23. The number of fused-ring (bicyclic) bond motifs is 1. The third-order valence-corrected chi connectivity index (χ3v) is 17.6. The number of ether oxygens (including phenoxy) is 3. The molecule has 0 radical (unpaired) electrons. The van der Waals surface area contributed by atoms with E-state index >= 15 is 0 Å². The van der Waals surface area contributed by atoms with Crippen molar-refractivity contribution in [2.75, 3.05) is 44.9 Å². The number of rotatable bonds is 17. The number of amides is 2. The van der Waals surface area contributed by atoms with Crippen LogP contribution in [0.4, 0.5) is 10.5 Å². The maximum atomic E-state index is 14.1. The van der Waals surface area contributed by atoms with Gasteiger partial charge in [-0.05, 0) is 98.1 Å². The predicted molar refractivity (Wildman–Crippen MR) is 253 cm³/mol. The van der Waals surface area contributed by atoms with Crippen molar-refractivity contribution in [3.63, 3.8) is 0 Å². The number of carbonyl (C=O) groups is 3. The second-order valence-corrected chi connectivity index (χ2v) is 24.4. The Morgan fingerprint density at radius 2 is 1.80 bits per heavy atom. The smallest absolute Gasteiger partial charge is 0.408 e. The van der Waals surface area contributed by atoms with Crippen molar-refractivity contribution in [1.82, 2.24) is 25.3 Å². The number of hydrogen-bond acceptors (Lipinski definition) is 10. The van der Waals surface area contributed by atoms with Gasteiger partial charge < -0.3 is 38.5 Å². The molecule has 64 heavy (non-hydrogen) atoms. The molecule has 2 aromatic carbocycles. The summed E-state index contributed by atoms with van der Waals surface area (Å²) in [5.41, 5.74) is 9.88. The molecule has 0 spiro atoms. The second-order valence-electron chi connectivity index (χ2n) is 19.6. The van der Waals surface area contributed by atoms with Crippen LogP contribution in [0, 0.1) is 5.41 Å². The van der Waals surface area contributed by atoms with Gasteiger partial charge in [0.1, 0.15) is 18.7 Å². The van der Waals surface area contributed by atoms with Crippen LogP contribution in [0.15, 0.2) is 66.9 Å². The van der Waals surface area contributed by atoms with Gasteiger partial charge in [0, 0.05) is 74.7 Å². The van der Waals surface area contributed by atoms with Crippen molar-refractivity contribution in [1.29, 1.82) is 0 Å². The zero-order valence-corrected chi connectivity index (χ0v) is 40.5. The fourth-order valence-corrected chi connectivity index (χ4v) is 9.58. The highest BCUT2D eigenvalue weighted by atomic mass is 28.4. The average molecular weight is 899 g/mol. The molecule has 3 N–H and O–H groups in total. The van der Waals surface area contributed by atoms with E-state index in [1.807, 2.05) is 49.5 Å². The van der Waals surface area contributed by atoms with E-state index in [1.54, 1.807) is 7.11 Å². The van der Waals surface area contributed by atoms with E-state index in [-0.39, 0.29) is 29.6 Å². The van der Waals surface area contributed by atoms with E-state index in [2.05, 4.69) is 99.1 Å². The van der Waals surface area contributed by atoms with Gasteiger partial charge in [0.15, 0.2) is 8.32 Å². The standard InChI is InChI=1S/C49H70N6O8Si/c1-11-54-42-22-21-35(27-38(42)39(29-49(6,7)32-63-64(9,10)48(3,4)5)44(54)37-19-15-23-50-43(37)33(2)60-8)53-25-26-61-36(30-53)28-41(45(56)55-24-16-20-40(52-55)46(57)58)51-47(59)62-31-34-17-13-12-14-18-34/h12-15,17-19,21-23,27,33,36,40-41,52H,11,16,20,24-26,28-32H2,1-10H3,(H,51,59)(H,57,58)/t33?,36-,40-,41?/m0/s1. The fourth-order valence-electron chi connectivity index (χ4n) is 8.40. The molecule has 6 rings (SSSR count). The molecule has 4 aromatic rings. The Labute approximate surface area is 380 Å². The van der Waals surface area contributed by atoms with Crippen molar-refractivity contribution < 1.29 is 38.1 Å². The molecular formula is C49H70N6O8Si. The topological polar surface area (TPSA) is 157 Å². The Morgan fingerprint density at radius 3 is 2.48 bits per heavy atom. The lowest BCUT2D eigenvalue weighted by molar-refractivity contribution is -0.148. The highest BCUT2D eigenvalue weighted by molar-refractivity contribution is 6.74. The summed E-state index contributed by atoms with van der Waals surface area (Å²) in [6.45, 7) is 23.4. The number of aliphatic carboxylic acids is 1. The van der Waals surface area contributed by atoms with Crippen LogP contribution in [0.3, 0.4) is 0 Å². The highest BCUT2D eigenvalue weighted by Gasteiger charge is 2.40. The maximum absolute atomic E-state index is 14.1. The molecule has 2 aliphatic rings. The van der Waals surface area contributed by atoms with E-state index in [4.69, 9.17) is 23.6 Å². The molecule has 15 heteroatoms. The zero-order chi connectivity index (χ0) is 46.4. The van der Waals surface area contributed by atoms with Crippen LogP contribution in [0.2, 0.25) is 18.1 Å². The highest BCUT2D eigenvalue weighted by Crippen LogP contribution is 2.43. The van der Waals surface area contributed by atoms with Gasteiger partial charge in [-0.15, -0.1) is 0 Å². The largest absolute Gasteiger partial charge is 0.480 e. The Balaban J connectivity index is 1.32. The molecule has 2 fully saturated rings. The lowest BCUT2D eigenvalue weighted by atomic mass is 9.84. The number of benzene rings is 2. The molecule has 0 aliphatic carbocycles. The number of carbonyl (C=O) groups excluding carboxylic acids is 2. The molecular weight excluding hydrogens is 829 g/mol. The van der Waals surface area contributed by atoms with Gasteiger partial charge >= 0.3 is 12.1 Å². The summed E-state index contributed by atoms with van der Waals surface area (Å²) in [6, 6.07) is 18.2. The number of alkyl carbamates (subject to hydrolysis) is 1. The monoisotopic (exact) mass is 899 g/mol. The third-order valence-electron chi connectivity index (χ3n) is 13.1. The lowest BCUT2D eigenvalue weighted by Crippen LogP contribution is -2.60. The molecule has 2 amide bonds. The van der Waals surface area contributed by atoms with Gasteiger partial charge in [-0.2, -0.15) is 0 Å². The maximum Gasteiger partial charge on any atom is 0.408 e. The number of nitrogens with zero attached hydrogens (tertiary/aromatic N) is 4. The number of carboxylic acids is 1. The summed E-state index contributed by atoms with van der Waals surface area (Å²) in [5.74, 6) is -1.48. The molecule has 0 bridgehead atoms. The minimum absolute atomic E-state index is 0.0324. The summed E-state index contributed by atoms with van der Waals surface area (Å²) in [7, 11) is -0.311. The number of morpholine rings is 1. The molecule has 0 saturated carbocycles. The van der Waals surface area contributed by atoms with Crippen molar-refractivity contribution in [3.05, 3.63) is 83.7 Å². The van der Waals surface area contributed by atoms with Gasteiger partial charge in [0.25, 0.3) is 5.91 Å². The predicted octanol–water partition coefficient (Wildman–Crippen LogP) is 8.49. The first kappa shape index (κ1) is 48.6. The van der Waals surface area contributed by atoms with Gasteiger partial charge in [-0.25, -0.2) is 10.2 Å². The Kier molecular flexibility index (Phi) is 15.6. The third kappa shape index (κ3) is 11.5. The first-order valence-corrected chi connectivity index (χ1v) is 25.6. The minimum atomic E-state index is -2.03. The molecule has 4 atom stereocenters. The van der Waals surface area contributed by atoms with Gasteiger partial charge in [0.05, 0.1) is 30.2 Å². The first-order chi connectivity index (χ1) is 30.3. The number of hydrazine groups is 1. The summed E-state index contributed by atoms with van der Waals surface area (Å²) in [5, 5.41) is 15.1. The molecule has 2 unspecified atom stereocenters. The average Bonchev–Trinajstić information content (AvgIpc) is 3.58. The van der Waals surface area contributed by atoms with Gasteiger partial charge in [-0.1, -0.05) is 65.0 Å². The van der Waals surface area contributed by atoms with Crippen molar-refractivity contribution in [3.8, 4) is 11.3 Å². The number of anilines is 1. The summed E-state index contributed by atoms with van der Waals surface area (Å²) < 4.78 is 27.0. The Bertz CT molecular complexity index is 2240. The van der Waals surface area contributed by atoms with Gasteiger partial charge in [-0.3, -0.25) is 19.6 Å². The van der Waals surface area contributed by atoms with Crippen LogP contribution < -0.4 is 15.6 Å². The summed E-state index contributed by atoms with van der Waals surface area (Å²) >= 11 is 0. The Hall–Kier alpha value is -4.80. The second kappa shape index (κ2) is 20.6. The quantitative estimate of drug-likeness (QED) is 0.0874. The molecule has 2 aliphatic heterocycles. The van der Waals surface area contributed by atoms with Crippen molar-refractivity contribution >= 4 is 42.9 Å². The molecule has 2 aromatic heterocycles. The normalized spacial score (nSPS) is 18.5. The van der Waals surface area contributed by atoms with Gasteiger partial charge in [0.2, 0.25) is 0 Å². The van der Waals surface area contributed by atoms with Crippen LogP contribution in [-0.4, -0.2) is 104 Å². The van der Waals surface area contributed by atoms with Crippen LogP contribution in [0.5, 0.6) is 0 Å². The molecule has 4 heterocycles. The molecule has 348 valence electrons. The van der Waals surface area contributed by atoms with E-state index in [0.717, 1.165) is 52.1 Å². The SMILES string of the molecule is CCn1c(-c2cccnc2C(C)OC)c(CC(C)(C)CO[Si](C)(C)C(C)(C)C)c2cc(N3CCO[C@@H](CC(NC(=O)OCc4ccccc4)C(=O)N4CCC[C@@H](C(=O)O)N4)C3)ccc21. The van der Waals surface area contributed by atoms with Crippen molar-refractivity contribution in [2.45, 2.75) is 130 Å². The number of carboxylic acid groups (broad SMARTS) is 1. The van der Waals surface area contributed by atoms with E-state index in [1.165, 1.54) is 10.6 Å². The molecule has 2 saturated heterocycles. The van der Waals surface area contributed by atoms with Crippen LogP contribution >= 0.6 is 0 Å². The first-order valence-electron chi connectivity index (χ1n) is 22.7. The van der Waals surface area contributed by atoms with E-state index < -0.39 is 44.5 Å². The van der Waals surface area contributed by atoms with E-state index in [0.29, 0.717) is 45.7 Å². The van der Waals surface area contributed by atoms with Crippen LogP contribution in [0.1, 0.15) is 90.7 Å². The van der Waals surface area contributed by atoms with E-state index in [9.17, 15) is 19.5 Å². The zero-order valence-electron chi connectivity index (χ0n) is 39.5. The number of hydrogen-bond donors (Lipinski definition) is 3. The fraction of sp³-hybridized carbons (Fsp3) is 0.551. The number of methoxy groups -OCH3 is 1. The van der Waals surface area contributed by atoms with Crippen LogP contribution in [0.25, 0.3) is 22.2 Å².